The SMILES string of the molecule is CCN(CC)CCCCNc1ncc2cc(-c3c(Cl)c(OC)cc(OC)c3Cl)c(=O)n(CCc3ccc(NC(=O)/C(C#N)=C/C(C)C)cc3)c2n1. The summed E-state index contributed by atoms with van der Waals surface area (Å²) in [6.07, 6.45) is 5.75. The Morgan fingerprint density at radius 3 is 2.31 bits per heavy atom. The lowest BCUT2D eigenvalue weighted by molar-refractivity contribution is -0.112. The van der Waals surface area contributed by atoms with E-state index in [0.29, 0.717) is 47.1 Å². The molecule has 0 aliphatic carbocycles. The van der Waals surface area contributed by atoms with Crippen molar-refractivity contribution in [2.45, 2.75) is 53.5 Å². The minimum atomic E-state index is -0.465. The molecular formula is C38H45Cl2N7O4. The summed E-state index contributed by atoms with van der Waals surface area (Å²) in [5, 5.41) is 16.4. The number of fused-ring (bicyclic) bond motifs is 1. The molecule has 0 saturated carbocycles. The molecule has 0 atom stereocenters. The Kier molecular flexibility index (Phi) is 14.3. The Balaban J connectivity index is 1.68. The number of amides is 1. The molecule has 0 unspecified atom stereocenters. The van der Waals surface area contributed by atoms with Crippen LogP contribution in [0.4, 0.5) is 11.6 Å². The molecule has 0 radical (unpaired) electrons. The second-order valence-electron chi connectivity index (χ2n) is 12.3. The number of allylic oxidation sites excluding steroid dienone is 1. The van der Waals surface area contributed by atoms with Crippen LogP contribution in [0.5, 0.6) is 11.5 Å². The first-order valence-corrected chi connectivity index (χ1v) is 17.8. The van der Waals surface area contributed by atoms with Crippen molar-refractivity contribution >= 4 is 51.8 Å². The Hall–Kier alpha value is -4.63. The smallest absolute Gasteiger partial charge is 0.265 e. The number of nitrogens with zero attached hydrogens (tertiary/aromatic N) is 5. The molecule has 11 nitrogen and oxygen atoms in total. The zero-order valence-electron chi connectivity index (χ0n) is 30.0. The van der Waals surface area contributed by atoms with E-state index in [1.54, 1.807) is 41.1 Å². The van der Waals surface area contributed by atoms with Crippen LogP contribution in [-0.2, 0) is 17.8 Å². The first-order valence-electron chi connectivity index (χ1n) is 17.0. The molecule has 4 rings (SSSR count). The summed E-state index contributed by atoms with van der Waals surface area (Å²) < 4.78 is 12.5. The van der Waals surface area contributed by atoms with Gasteiger partial charge in [-0.25, -0.2) is 4.98 Å². The van der Waals surface area contributed by atoms with Gasteiger partial charge in [-0.3, -0.25) is 14.2 Å². The van der Waals surface area contributed by atoms with Crippen molar-refractivity contribution in [1.82, 2.24) is 19.4 Å². The van der Waals surface area contributed by atoms with Crippen molar-refractivity contribution in [3.8, 4) is 28.7 Å². The van der Waals surface area contributed by atoms with E-state index in [0.717, 1.165) is 38.0 Å². The average molecular weight is 735 g/mol. The number of hydrogen-bond acceptors (Lipinski definition) is 9. The molecule has 0 aliphatic rings. The first-order chi connectivity index (χ1) is 24.5. The second kappa shape index (κ2) is 18.6. The highest BCUT2D eigenvalue weighted by molar-refractivity contribution is 6.41. The molecule has 2 N–H and O–H groups in total. The van der Waals surface area contributed by atoms with Gasteiger partial charge in [0.25, 0.3) is 11.5 Å². The number of aryl methyl sites for hydroxylation is 2. The fourth-order valence-electron chi connectivity index (χ4n) is 5.64. The third kappa shape index (κ3) is 9.79. The van der Waals surface area contributed by atoms with E-state index < -0.39 is 5.91 Å². The predicted molar refractivity (Wildman–Crippen MR) is 205 cm³/mol. The topological polar surface area (TPSA) is 134 Å². The quantitative estimate of drug-likeness (QED) is 0.0639. The van der Waals surface area contributed by atoms with E-state index >= 15 is 0 Å². The van der Waals surface area contributed by atoms with Crippen molar-refractivity contribution in [2.24, 2.45) is 5.92 Å². The summed E-state index contributed by atoms with van der Waals surface area (Å²) in [5.74, 6) is 0.638. The van der Waals surface area contributed by atoms with Gasteiger partial charge in [0.2, 0.25) is 5.95 Å². The van der Waals surface area contributed by atoms with Crippen LogP contribution in [0.1, 0.15) is 46.1 Å². The first kappa shape index (κ1) is 39.2. The largest absolute Gasteiger partial charge is 0.495 e. The van der Waals surface area contributed by atoms with E-state index in [9.17, 15) is 14.9 Å². The number of methoxy groups -OCH3 is 2. The van der Waals surface area contributed by atoms with Crippen LogP contribution in [0.3, 0.4) is 0 Å². The van der Waals surface area contributed by atoms with Gasteiger partial charge in [-0.05, 0) is 68.6 Å². The molecule has 0 fully saturated rings. The number of carbonyl (C=O) groups excluding carboxylic acids is 1. The number of halogens is 2. The number of nitrogens with one attached hydrogen (secondary N) is 2. The molecule has 0 saturated heterocycles. The third-order valence-corrected chi connectivity index (χ3v) is 9.20. The maximum absolute atomic E-state index is 14.4. The zero-order chi connectivity index (χ0) is 37.1. The van der Waals surface area contributed by atoms with Crippen molar-refractivity contribution in [3.05, 3.63) is 80.2 Å². The van der Waals surface area contributed by atoms with Gasteiger partial charge in [0.05, 0.1) is 29.8 Å². The van der Waals surface area contributed by atoms with E-state index in [1.165, 1.54) is 14.2 Å². The van der Waals surface area contributed by atoms with Crippen molar-refractivity contribution in [3.63, 3.8) is 0 Å². The zero-order valence-corrected chi connectivity index (χ0v) is 31.5. The molecule has 0 bridgehead atoms. The molecular weight excluding hydrogens is 689 g/mol. The van der Waals surface area contributed by atoms with Crippen LogP contribution in [0.2, 0.25) is 10.0 Å². The molecule has 270 valence electrons. The molecule has 0 spiro atoms. The molecule has 2 heterocycles. The van der Waals surface area contributed by atoms with Crippen molar-refractivity contribution < 1.29 is 14.3 Å². The summed E-state index contributed by atoms with van der Waals surface area (Å²) in [4.78, 5) is 38.7. The molecule has 2 aromatic heterocycles. The van der Waals surface area contributed by atoms with Gasteiger partial charge in [-0.2, -0.15) is 10.2 Å². The minimum absolute atomic E-state index is 0.0588. The van der Waals surface area contributed by atoms with Crippen LogP contribution in [0, 0.1) is 17.2 Å². The van der Waals surface area contributed by atoms with Crippen molar-refractivity contribution in [1.29, 1.82) is 5.26 Å². The summed E-state index contributed by atoms with van der Waals surface area (Å²) in [5.41, 5.74) is 2.16. The lowest BCUT2D eigenvalue weighted by Crippen LogP contribution is -2.25. The maximum Gasteiger partial charge on any atom is 0.265 e. The normalized spacial score (nSPS) is 11.6. The van der Waals surface area contributed by atoms with Gasteiger partial charge in [0.15, 0.2) is 0 Å². The van der Waals surface area contributed by atoms with Crippen LogP contribution in [-0.4, -0.2) is 65.7 Å². The number of aromatic nitrogens is 3. The number of ether oxygens (including phenoxy) is 2. The lowest BCUT2D eigenvalue weighted by atomic mass is 10.0. The Morgan fingerprint density at radius 1 is 1.06 bits per heavy atom. The number of benzene rings is 2. The molecule has 2 aromatic carbocycles. The van der Waals surface area contributed by atoms with E-state index in [2.05, 4.69) is 34.4 Å². The van der Waals surface area contributed by atoms with Gasteiger partial charge >= 0.3 is 0 Å². The van der Waals surface area contributed by atoms with Crippen LogP contribution in [0.25, 0.3) is 22.2 Å². The molecule has 4 aromatic rings. The fourth-order valence-corrected chi connectivity index (χ4v) is 6.35. The monoisotopic (exact) mass is 733 g/mol. The Bertz CT molecular complexity index is 1940. The molecule has 51 heavy (non-hydrogen) atoms. The van der Waals surface area contributed by atoms with Crippen molar-refractivity contribution in [2.75, 3.05) is 51.0 Å². The number of hydrogen-bond donors (Lipinski definition) is 2. The van der Waals surface area contributed by atoms with Gasteiger partial charge in [-0.1, -0.05) is 69.1 Å². The number of rotatable bonds is 17. The fraction of sp³-hybridized carbons (Fsp3) is 0.395. The number of unbranched alkanes of at least 4 members (excludes halogenated alkanes) is 1. The van der Waals surface area contributed by atoms with E-state index in [4.69, 9.17) is 37.7 Å². The molecule has 13 heteroatoms. The maximum atomic E-state index is 14.4. The second-order valence-corrected chi connectivity index (χ2v) is 13.0. The molecule has 1 amide bonds. The van der Waals surface area contributed by atoms with Gasteiger partial charge in [-0.15, -0.1) is 0 Å². The Labute approximate surface area is 309 Å². The summed E-state index contributed by atoms with van der Waals surface area (Å²) >= 11 is 13.5. The van der Waals surface area contributed by atoms with Gasteiger partial charge in [0.1, 0.15) is 28.8 Å². The lowest BCUT2D eigenvalue weighted by Gasteiger charge is -2.18. The minimum Gasteiger partial charge on any atom is -0.495 e. The summed E-state index contributed by atoms with van der Waals surface area (Å²) in [7, 11) is 2.95. The highest BCUT2D eigenvalue weighted by Gasteiger charge is 2.23. The summed E-state index contributed by atoms with van der Waals surface area (Å²) in [6.45, 7) is 12.2. The number of anilines is 2. The van der Waals surface area contributed by atoms with Crippen LogP contribution >= 0.6 is 23.2 Å². The molecule has 0 aliphatic heterocycles. The summed E-state index contributed by atoms with van der Waals surface area (Å²) in [6, 6.07) is 12.5. The van der Waals surface area contributed by atoms with Gasteiger partial charge in [0, 0.05) is 42.0 Å². The highest BCUT2D eigenvalue weighted by Crippen LogP contribution is 2.45. The van der Waals surface area contributed by atoms with E-state index in [1.807, 2.05) is 32.0 Å². The Morgan fingerprint density at radius 2 is 1.73 bits per heavy atom. The van der Waals surface area contributed by atoms with E-state index in [-0.39, 0.29) is 44.8 Å². The number of pyridine rings is 1. The third-order valence-electron chi connectivity index (χ3n) is 8.45. The standard InChI is InChI=1S/C38H45Cl2N7O4/c1-7-46(8-2)17-10-9-16-42-38-43-23-27-20-29(32-33(39)30(50-5)21-31(51-6)34(32)40)37(49)47(35(27)45-38)18-15-25-11-13-28(14-12-25)44-36(48)26(22-41)19-24(3)4/h11-14,19-21,23-24H,7-10,15-18H2,1-6H3,(H,44,48)(H,42,43,45)/b26-19+. The number of nitriles is 1. The van der Waals surface area contributed by atoms with Crippen LogP contribution < -0.4 is 25.7 Å². The van der Waals surface area contributed by atoms with Gasteiger partial charge < -0.3 is 25.0 Å². The highest BCUT2D eigenvalue weighted by atomic mass is 35.5. The number of carbonyl (C=O) groups is 1. The predicted octanol–water partition coefficient (Wildman–Crippen LogP) is 7.60. The average Bonchev–Trinajstić information content (AvgIpc) is 3.12. The van der Waals surface area contributed by atoms with Crippen LogP contribution in [0.15, 0.2) is 59.0 Å².